The monoisotopic (exact) mass is 281 g/mol. The number of thiophene rings is 1. The maximum absolute atomic E-state index is 13.6. The van der Waals surface area contributed by atoms with E-state index in [0.29, 0.717) is 0 Å². The van der Waals surface area contributed by atoms with Crippen molar-refractivity contribution in [1.82, 2.24) is 5.32 Å². The molecule has 0 aliphatic heterocycles. The van der Waals surface area contributed by atoms with Crippen molar-refractivity contribution in [1.29, 1.82) is 0 Å². The molecule has 0 radical (unpaired) electrons. The zero-order valence-corrected chi connectivity index (χ0v) is 11.6. The fraction of sp³-hybridized carbons (Fsp3) is 0.333. The van der Waals surface area contributed by atoms with Crippen LogP contribution in [0.5, 0.6) is 0 Å². The van der Waals surface area contributed by atoms with E-state index in [1.807, 2.05) is 11.4 Å². The smallest absolute Gasteiger partial charge is 0.130 e. The number of halogens is 2. The van der Waals surface area contributed by atoms with E-state index in [1.165, 1.54) is 23.1 Å². The molecule has 1 heterocycles. The average Bonchev–Trinajstić information content (AvgIpc) is 2.90. The maximum Gasteiger partial charge on any atom is 0.130 e. The third kappa shape index (κ3) is 3.61. The molecule has 0 spiro atoms. The molecule has 1 N–H and O–H groups in total. The molecule has 19 heavy (non-hydrogen) atoms. The normalized spacial score (nSPS) is 12.6. The molecule has 0 amide bonds. The van der Waals surface area contributed by atoms with Crippen molar-refractivity contribution >= 4 is 11.3 Å². The lowest BCUT2D eigenvalue weighted by Gasteiger charge is -2.17. The van der Waals surface area contributed by atoms with Gasteiger partial charge in [0.1, 0.15) is 11.6 Å². The summed E-state index contributed by atoms with van der Waals surface area (Å²) in [5.74, 6) is -0.983. The van der Waals surface area contributed by atoms with Crippen molar-refractivity contribution in [2.24, 2.45) is 0 Å². The number of benzene rings is 1. The van der Waals surface area contributed by atoms with Crippen LogP contribution >= 0.6 is 11.3 Å². The largest absolute Gasteiger partial charge is 0.305 e. The van der Waals surface area contributed by atoms with E-state index in [4.69, 9.17) is 0 Å². The highest BCUT2D eigenvalue weighted by atomic mass is 32.1. The van der Waals surface area contributed by atoms with Crippen molar-refractivity contribution in [3.63, 3.8) is 0 Å². The summed E-state index contributed by atoms with van der Waals surface area (Å²) in [6.45, 7) is 2.31. The van der Waals surface area contributed by atoms with Gasteiger partial charge in [-0.05, 0) is 30.0 Å². The van der Waals surface area contributed by atoms with Crippen molar-refractivity contribution in [2.75, 3.05) is 0 Å². The summed E-state index contributed by atoms with van der Waals surface area (Å²) in [4.78, 5) is 1.21. The van der Waals surface area contributed by atoms with Gasteiger partial charge in [0.05, 0.1) is 0 Å². The molecule has 1 unspecified atom stereocenters. The van der Waals surface area contributed by atoms with Gasteiger partial charge in [0.15, 0.2) is 0 Å². The van der Waals surface area contributed by atoms with Gasteiger partial charge in [-0.2, -0.15) is 0 Å². The van der Waals surface area contributed by atoms with Crippen LogP contribution in [0.1, 0.15) is 36.2 Å². The molecule has 4 heteroatoms. The Labute approximate surface area is 116 Å². The van der Waals surface area contributed by atoms with E-state index in [-0.39, 0.29) is 18.2 Å². The van der Waals surface area contributed by atoms with Crippen LogP contribution in [-0.4, -0.2) is 0 Å². The molecule has 1 aromatic carbocycles. The molecular weight excluding hydrogens is 264 g/mol. The molecule has 0 aliphatic rings. The lowest BCUT2D eigenvalue weighted by molar-refractivity contribution is 0.473. The summed E-state index contributed by atoms with van der Waals surface area (Å²) in [6.07, 6.45) is 1.98. The van der Waals surface area contributed by atoms with E-state index < -0.39 is 11.6 Å². The van der Waals surface area contributed by atoms with E-state index >= 15 is 0 Å². The summed E-state index contributed by atoms with van der Waals surface area (Å²) in [5.41, 5.74) is 0.111. The number of hydrogen-bond donors (Lipinski definition) is 1. The quantitative estimate of drug-likeness (QED) is 0.812. The van der Waals surface area contributed by atoms with Gasteiger partial charge in [0.25, 0.3) is 0 Å². The van der Waals surface area contributed by atoms with Gasteiger partial charge in [0, 0.05) is 23.0 Å². The third-order valence-electron chi connectivity index (χ3n) is 3.05. The SMILES string of the molecule is CCCC(NCc1c(F)cccc1F)c1cccs1. The Morgan fingerprint density at radius 1 is 1.16 bits per heavy atom. The molecule has 1 aromatic heterocycles. The van der Waals surface area contributed by atoms with Crippen LogP contribution in [-0.2, 0) is 6.54 Å². The molecule has 0 fully saturated rings. The van der Waals surface area contributed by atoms with Crippen LogP contribution in [0.25, 0.3) is 0 Å². The Balaban J connectivity index is 2.07. The van der Waals surface area contributed by atoms with Crippen LogP contribution in [0.4, 0.5) is 8.78 Å². The van der Waals surface area contributed by atoms with Gasteiger partial charge in [-0.3, -0.25) is 0 Å². The second kappa shape index (κ2) is 6.78. The molecule has 2 rings (SSSR count). The van der Waals surface area contributed by atoms with Crippen LogP contribution in [0.15, 0.2) is 35.7 Å². The number of nitrogens with one attached hydrogen (secondary N) is 1. The molecule has 0 bridgehead atoms. The molecular formula is C15H17F2NS. The minimum absolute atomic E-state index is 0.111. The second-order valence-corrected chi connectivity index (χ2v) is 5.42. The first-order chi connectivity index (χ1) is 9.22. The summed E-state index contributed by atoms with van der Waals surface area (Å²) in [6, 6.07) is 8.17. The second-order valence-electron chi connectivity index (χ2n) is 4.44. The summed E-state index contributed by atoms with van der Waals surface area (Å²) >= 11 is 1.66. The summed E-state index contributed by atoms with van der Waals surface area (Å²) < 4.78 is 27.1. The van der Waals surface area contributed by atoms with Gasteiger partial charge < -0.3 is 5.32 Å². The minimum atomic E-state index is -0.492. The predicted octanol–water partition coefficient (Wildman–Crippen LogP) is 4.66. The zero-order valence-electron chi connectivity index (χ0n) is 10.8. The van der Waals surface area contributed by atoms with Gasteiger partial charge in [-0.25, -0.2) is 8.78 Å². The molecule has 0 aliphatic carbocycles. The van der Waals surface area contributed by atoms with E-state index in [9.17, 15) is 8.78 Å². The molecule has 1 atom stereocenters. The first-order valence-corrected chi connectivity index (χ1v) is 7.30. The highest BCUT2D eigenvalue weighted by Gasteiger charge is 2.14. The van der Waals surface area contributed by atoms with E-state index in [2.05, 4.69) is 18.3 Å². The molecule has 102 valence electrons. The van der Waals surface area contributed by atoms with Crippen molar-refractivity contribution in [3.8, 4) is 0 Å². The molecule has 2 aromatic rings. The fourth-order valence-electron chi connectivity index (χ4n) is 2.05. The molecule has 0 saturated heterocycles. The predicted molar refractivity (Wildman–Crippen MR) is 75.2 cm³/mol. The highest BCUT2D eigenvalue weighted by Crippen LogP contribution is 2.24. The minimum Gasteiger partial charge on any atom is -0.305 e. The average molecular weight is 281 g/mol. The summed E-state index contributed by atoms with van der Waals surface area (Å²) in [7, 11) is 0. The third-order valence-corrected chi connectivity index (χ3v) is 4.04. The lowest BCUT2D eigenvalue weighted by Crippen LogP contribution is -2.21. The molecule has 0 saturated carbocycles. The van der Waals surface area contributed by atoms with Gasteiger partial charge >= 0.3 is 0 Å². The first kappa shape index (κ1) is 14.2. The number of rotatable bonds is 6. The van der Waals surface area contributed by atoms with Crippen LogP contribution in [0.3, 0.4) is 0 Å². The van der Waals surface area contributed by atoms with E-state index in [0.717, 1.165) is 12.8 Å². The van der Waals surface area contributed by atoms with Gasteiger partial charge in [-0.15, -0.1) is 11.3 Å². The summed E-state index contributed by atoms with van der Waals surface area (Å²) in [5, 5.41) is 5.27. The molecule has 1 nitrogen and oxygen atoms in total. The van der Waals surface area contributed by atoms with Crippen LogP contribution in [0, 0.1) is 11.6 Å². The zero-order chi connectivity index (χ0) is 13.7. The Hall–Kier alpha value is -1.26. The van der Waals surface area contributed by atoms with Crippen LogP contribution in [0.2, 0.25) is 0 Å². The maximum atomic E-state index is 13.6. The van der Waals surface area contributed by atoms with Crippen molar-refractivity contribution in [2.45, 2.75) is 32.4 Å². The van der Waals surface area contributed by atoms with Crippen LogP contribution < -0.4 is 5.32 Å². The first-order valence-electron chi connectivity index (χ1n) is 6.42. The Kier molecular flexibility index (Phi) is 5.05. The highest BCUT2D eigenvalue weighted by molar-refractivity contribution is 7.10. The van der Waals surface area contributed by atoms with Gasteiger partial charge in [0.2, 0.25) is 0 Å². The number of hydrogen-bond acceptors (Lipinski definition) is 2. The fourth-order valence-corrected chi connectivity index (χ4v) is 2.89. The standard InChI is InChI=1S/C15H17F2NS/c1-2-5-14(15-8-4-9-19-15)18-10-11-12(16)6-3-7-13(11)17/h3-4,6-9,14,18H,2,5,10H2,1H3. The van der Waals surface area contributed by atoms with Gasteiger partial charge in [-0.1, -0.05) is 25.5 Å². The Morgan fingerprint density at radius 3 is 2.47 bits per heavy atom. The van der Waals surface area contributed by atoms with Crippen molar-refractivity contribution < 1.29 is 8.78 Å². The topological polar surface area (TPSA) is 12.0 Å². The Morgan fingerprint density at radius 2 is 1.89 bits per heavy atom. The lowest BCUT2D eigenvalue weighted by atomic mass is 10.1. The van der Waals surface area contributed by atoms with E-state index in [1.54, 1.807) is 11.3 Å². The Bertz CT molecular complexity index is 491. The van der Waals surface area contributed by atoms with Crippen molar-refractivity contribution in [3.05, 3.63) is 57.8 Å².